The van der Waals surface area contributed by atoms with Crippen LogP contribution in [0, 0.1) is 6.92 Å². The average Bonchev–Trinajstić information content (AvgIpc) is 2.63. The van der Waals surface area contributed by atoms with Crippen LogP contribution in [0.5, 0.6) is 5.75 Å². The molecule has 0 amide bonds. The van der Waals surface area contributed by atoms with Crippen molar-refractivity contribution < 1.29 is 9.47 Å². The lowest BCUT2D eigenvalue weighted by atomic mass is 10.0. The molecule has 0 aliphatic carbocycles. The predicted molar refractivity (Wildman–Crippen MR) is 96.1 cm³/mol. The molecule has 2 aromatic rings. The molecular weight excluding hydrogens is 300 g/mol. The Balaban J connectivity index is 1.69. The molecule has 2 aromatic carbocycles. The van der Waals surface area contributed by atoms with Crippen LogP contribution in [0.15, 0.2) is 48.5 Å². The van der Waals surface area contributed by atoms with Crippen LogP contribution >= 0.6 is 0 Å². The van der Waals surface area contributed by atoms with Gasteiger partial charge in [0.15, 0.2) is 0 Å². The molecule has 1 unspecified atom stereocenters. The second-order valence-electron chi connectivity index (χ2n) is 6.19. The Morgan fingerprint density at radius 2 is 1.92 bits per heavy atom. The Hall–Kier alpha value is -1.88. The zero-order chi connectivity index (χ0) is 16.8. The molecule has 3 rings (SSSR count). The van der Waals surface area contributed by atoms with Crippen molar-refractivity contribution in [2.75, 3.05) is 32.8 Å². The van der Waals surface area contributed by atoms with Crippen molar-refractivity contribution in [1.82, 2.24) is 4.90 Å². The predicted octanol–water partition coefficient (Wildman–Crippen LogP) is 2.91. The van der Waals surface area contributed by atoms with E-state index in [4.69, 9.17) is 15.2 Å². The minimum atomic E-state index is 0.218. The Bertz CT molecular complexity index is 654. The van der Waals surface area contributed by atoms with Gasteiger partial charge in [-0.1, -0.05) is 36.4 Å². The van der Waals surface area contributed by atoms with Gasteiger partial charge in [-0.25, -0.2) is 0 Å². The maximum atomic E-state index is 6.05. The summed E-state index contributed by atoms with van der Waals surface area (Å²) in [6, 6.07) is 16.8. The molecule has 0 spiro atoms. The van der Waals surface area contributed by atoms with Gasteiger partial charge < -0.3 is 15.2 Å². The number of ether oxygens (including phenoxy) is 2. The lowest BCUT2D eigenvalue weighted by molar-refractivity contribution is 0.0178. The van der Waals surface area contributed by atoms with Crippen molar-refractivity contribution in [1.29, 1.82) is 0 Å². The Morgan fingerprint density at radius 3 is 2.67 bits per heavy atom. The van der Waals surface area contributed by atoms with Gasteiger partial charge in [0.05, 0.1) is 13.2 Å². The van der Waals surface area contributed by atoms with Gasteiger partial charge in [-0.15, -0.1) is 0 Å². The highest BCUT2D eigenvalue weighted by Crippen LogP contribution is 2.25. The first-order chi connectivity index (χ1) is 11.8. The highest BCUT2D eigenvalue weighted by molar-refractivity contribution is 5.32. The molecule has 1 fully saturated rings. The van der Waals surface area contributed by atoms with Gasteiger partial charge >= 0.3 is 0 Å². The summed E-state index contributed by atoms with van der Waals surface area (Å²) in [5, 5.41) is 0. The van der Waals surface area contributed by atoms with E-state index in [9.17, 15) is 0 Å². The summed E-state index contributed by atoms with van der Waals surface area (Å²) in [5.74, 6) is 0.891. The highest BCUT2D eigenvalue weighted by atomic mass is 16.5. The van der Waals surface area contributed by atoms with Crippen LogP contribution in [-0.4, -0.2) is 37.7 Å². The lowest BCUT2D eigenvalue weighted by Crippen LogP contribution is -2.41. The van der Waals surface area contributed by atoms with Crippen LogP contribution in [0.4, 0.5) is 0 Å². The molecule has 4 nitrogen and oxygen atoms in total. The van der Waals surface area contributed by atoms with Gasteiger partial charge in [-0.2, -0.15) is 0 Å². The Kier molecular flexibility index (Phi) is 5.86. The zero-order valence-electron chi connectivity index (χ0n) is 14.3. The van der Waals surface area contributed by atoms with Gasteiger partial charge in [-0.3, -0.25) is 4.90 Å². The fourth-order valence-electron chi connectivity index (χ4n) is 3.13. The zero-order valence-corrected chi connectivity index (χ0v) is 14.3. The smallest absolute Gasteiger partial charge is 0.120 e. The highest BCUT2D eigenvalue weighted by Gasteiger charge is 2.21. The normalized spacial score (nSPS) is 16.8. The van der Waals surface area contributed by atoms with E-state index in [2.05, 4.69) is 36.1 Å². The Labute approximate surface area is 144 Å². The SMILES string of the molecule is Cc1ccccc1COc1cccc(C(CN)N2CCOCC2)c1. The maximum Gasteiger partial charge on any atom is 0.120 e. The summed E-state index contributed by atoms with van der Waals surface area (Å²) in [4.78, 5) is 2.39. The third-order valence-electron chi connectivity index (χ3n) is 4.61. The van der Waals surface area contributed by atoms with Gasteiger partial charge in [0.2, 0.25) is 0 Å². The van der Waals surface area contributed by atoms with Gasteiger partial charge in [0.25, 0.3) is 0 Å². The standard InChI is InChI=1S/C20H26N2O2/c1-16-5-2-3-6-18(16)15-24-19-8-4-7-17(13-19)20(14-21)22-9-11-23-12-10-22/h2-8,13,20H,9-12,14-15,21H2,1H3. The van der Waals surface area contributed by atoms with E-state index >= 15 is 0 Å². The Morgan fingerprint density at radius 1 is 1.12 bits per heavy atom. The second kappa shape index (κ2) is 8.29. The van der Waals surface area contributed by atoms with Gasteiger partial charge in [0, 0.05) is 25.7 Å². The van der Waals surface area contributed by atoms with E-state index in [-0.39, 0.29) is 6.04 Å². The molecule has 128 valence electrons. The number of aryl methyl sites for hydroxylation is 1. The summed E-state index contributed by atoms with van der Waals surface area (Å²) in [6.45, 7) is 6.70. The first kappa shape index (κ1) is 17.0. The summed E-state index contributed by atoms with van der Waals surface area (Å²) in [7, 11) is 0. The number of benzene rings is 2. The van der Waals surface area contributed by atoms with E-state index in [1.165, 1.54) is 16.7 Å². The molecule has 1 heterocycles. The minimum Gasteiger partial charge on any atom is -0.489 e. The van der Waals surface area contributed by atoms with Crippen molar-refractivity contribution >= 4 is 0 Å². The minimum absolute atomic E-state index is 0.218. The van der Waals surface area contributed by atoms with E-state index in [1.807, 2.05) is 24.3 Å². The quantitative estimate of drug-likeness (QED) is 0.887. The number of morpholine rings is 1. The molecule has 0 saturated carbocycles. The molecule has 1 aliphatic rings. The van der Waals surface area contributed by atoms with Crippen molar-refractivity contribution in [2.45, 2.75) is 19.6 Å². The van der Waals surface area contributed by atoms with Crippen LogP contribution in [0.1, 0.15) is 22.7 Å². The molecule has 1 atom stereocenters. The average molecular weight is 326 g/mol. The molecule has 1 saturated heterocycles. The molecule has 24 heavy (non-hydrogen) atoms. The van der Waals surface area contributed by atoms with Crippen molar-refractivity contribution in [3.8, 4) is 5.75 Å². The van der Waals surface area contributed by atoms with Crippen LogP contribution in [0.3, 0.4) is 0 Å². The van der Waals surface area contributed by atoms with Crippen LogP contribution in [0.25, 0.3) is 0 Å². The number of hydrogen-bond acceptors (Lipinski definition) is 4. The largest absolute Gasteiger partial charge is 0.489 e. The van der Waals surface area contributed by atoms with Crippen LogP contribution in [0.2, 0.25) is 0 Å². The first-order valence-electron chi connectivity index (χ1n) is 8.57. The van der Waals surface area contributed by atoms with E-state index in [0.29, 0.717) is 13.2 Å². The maximum absolute atomic E-state index is 6.05. The van der Waals surface area contributed by atoms with Crippen LogP contribution in [-0.2, 0) is 11.3 Å². The van der Waals surface area contributed by atoms with E-state index < -0.39 is 0 Å². The molecule has 0 radical (unpaired) electrons. The third kappa shape index (κ3) is 4.15. The number of nitrogens with zero attached hydrogens (tertiary/aromatic N) is 1. The number of hydrogen-bond donors (Lipinski definition) is 1. The lowest BCUT2D eigenvalue weighted by Gasteiger charge is -2.34. The van der Waals surface area contributed by atoms with E-state index in [0.717, 1.165) is 32.1 Å². The molecule has 1 aliphatic heterocycles. The van der Waals surface area contributed by atoms with Gasteiger partial charge in [0.1, 0.15) is 12.4 Å². The fraction of sp³-hybridized carbons (Fsp3) is 0.400. The summed E-state index contributed by atoms with van der Waals surface area (Å²) in [6.07, 6.45) is 0. The van der Waals surface area contributed by atoms with Gasteiger partial charge in [-0.05, 0) is 35.7 Å². The summed E-state index contributed by atoms with van der Waals surface area (Å²) >= 11 is 0. The second-order valence-corrected chi connectivity index (χ2v) is 6.19. The number of rotatable bonds is 6. The fourth-order valence-corrected chi connectivity index (χ4v) is 3.13. The molecule has 4 heteroatoms. The first-order valence-corrected chi connectivity index (χ1v) is 8.57. The molecule has 2 N–H and O–H groups in total. The molecule has 0 aromatic heterocycles. The van der Waals surface area contributed by atoms with Crippen molar-refractivity contribution in [2.24, 2.45) is 5.73 Å². The molecule has 0 bridgehead atoms. The van der Waals surface area contributed by atoms with Crippen molar-refractivity contribution in [3.05, 3.63) is 65.2 Å². The monoisotopic (exact) mass is 326 g/mol. The summed E-state index contributed by atoms with van der Waals surface area (Å²) in [5.41, 5.74) is 9.72. The van der Waals surface area contributed by atoms with Crippen LogP contribution < -0.4 is 10.5 Å². The third-order valence-corrected chi connectivity index (χ3v) is 4.61. The summed E-state index contributed by atoms with van der Waals surface area (Å²) < 4.78 is 11.5. The van der Waals surface area contributed by atoms with E-state index in [1.54, 1.807) is 0 Å². The topological polar surface area (TPSA) is 47.7 Å². The number of nitrogens with two attached hydrogens (primary N) is 1. The van der Waals surface area contributed by atoms with Crippen molar-refractivity contribution in [3.63, 3.8) is 0 Å². The molecular formula is C20H26N2O2.